The van der Waals surface area contributed by atoms with E-state index in [4.69, 9.17) is 0 Å². The average Bonchev–Trinajstić information content (AvgIpc) is 2.41. The fraction of sp³-hybridized carbons (Fsp3) is 0.667. The van der Waals surface area contributed by atoms with E-state index in [9.17, 15) is 0 Å². The Labute approximate surface area is 124 Å². The van der Waals surface area contributed by atoms with E-state index in [0.29, 0.717) is 12.1 Å². The van der Waals surface area contributed by atoms with Crippen LogP contribution in [-0.2, 0) is 0 Å². The highest BCUT2D eigenvalue weighted by atomic mass is 15.1. The van der Waals surface area contributed by atoms with Crippen molar-refractivity contribution in [2.24, 2.45) is 5.92 Å². The summed E-state index contributed by atoms with van der Waals surface area (Å²) >= 11 is 0. The molecule has 0 radical (unpaired) electrons. The fourth-order valence-corrected chi connectivity index (χ4v) is 3.10. The second-order valence-electron chi connectivity index (χ2n) is 6.77. The summed E-state index contributed by atoms with van der Waals surface area (Å²) in [5.74, 6) is 0.783. The predicted octanol–water partition coefficient (Wildman–Crippen LogP) is 3.77. The van der Waals surface area contributed by atoms with Gasteiger partial charge in [0, 0.05) is 18.6 Å². The largest absolute Gasteiger partial charge is 0.307 e. The Balaban J connectivity index is 1.79. The zero-order valence-electron chi connectivity index (χ0n) is 13.5. The highest BCUT2D eigenvalue weighted by Gasteiger charge is 2.21. The molecule has 1 aliphatic heterocycles. The second kappa shape index (κ2) is 7.24. The Bertz CT molecular complexity index is 388. The lowest BCUT2D eigenvalue weighted by Gasteiger charge is -2.34. The van der Waals surface area contributed by atoms with Gasteiger partial charge in [-0.25, -0.2) is 0 Å². The molecule has 0 aromatic heterocycles. The smallest absolute Gasteiger partial charge is 0.0294 e. The van der Waals surface area contributed by atoms with Gasteiger partial charge in [-0.3, -0.25) is 0 Å². The molecular weight excluding hydrogens is 244 g/mol. The van der Waals surface area contributed by atoms with Crippen LogP contribution in [0.1, 0.15) is 50.8 Å². The van der Waals surface area contributed by atoms with E-state index in [1.807, 2.05) is 0 Å². The minimum absolute atomic E-state index is 0.456. The number of hydrogen-bond acceptors (Lipinski definition) is 2. The van der Waals surface area contributed by atoms with Crippen LogP contribution < -0.4 is 5.32 Å². The molecule has 2 nitrogen and oxygen atoms in total. The zero-order valence-corrected chi connectivity index (χ0v) is 13.5. The summed E-state index contributed by atoms with van der Waals surface area (Å²) in [4.78, 5) is 2.61. The molecule has 112 valence electrons. The molecule has 1 saturated heterocycles. The molecule has 20 heavy (non-hydrogen) atoms. The number of rotatable bonds is 5. The van der Waals surface area contributed by atoms with Gasteiger partial charge in [-0.05, 0) is 51.3 Å². The van der Waals surface area contributed by atoms with E-state index in [-0.39, 0.29) is 0 Å². The quantitative estimate of drug-likeness (QED) is 0.879. The van der Waals surface area contributed by atoms with Crippen LogP contribution in [0.5, 0.6) is 0 Å². The van der Waals surface area contributed by atoms with Gasteiger partial charge >= 0.3 is 0 Å². The van der Waals surface area contributed by atoms with Gasteiger partial charge in [0.2, 0.25) is 0 Å². The summed E-state index contributed by atoms with van der Waals surface area (Å²) < 4.78 is 0. The van der Waals surface area contributed by atoms with Crippen molar-refractivity contribution in [3.8, 4) is 0 Å². The summed E-state index contributed by atoms with van der Waals surface area (Å²) in [6.45, 7) is 12.8. The van der Waals surface area contributed by atoms with Gasteiger partial charge in [-0.15, -0.1) is 0 Å². The molecule has 1 aromatic rings. The number of aryl methyl sites for hydroxylation is 1. The molecule has 1 N–H and O–H groups in total. The van der Waals surface area contributed by atoms with E-state index in [1.54, 1.807) is 0 Å². The van der Waals surface area contributed by atoms with Gasteiger partial charge in [0.15, 0.2) is 0 Å². The van der Waals surface area contributed by atoms with E-state index >= 15 is 0 Å². The first-order valence-electron chi connectivity index (χ1n) is 8.09. The summed E-state index contributed by atoms with van der Waals surface area (Å²) in [5, 5.41) is 3.80. The van der Waals surface area contributed by atoms with Crippen LogP contribution in [-0.4, -0.2) is 30.6 Å². The third-order valence-electron chi connectivity index (χ3n) is 4.27. The SMILES string of the molecule is Cc1ccc(C(C)NC2CCN(CC(C)C)CC2)cc1. The summed E-state index contributed by atoms with van der Waals surface area (Å²) in [7, 11) is 0. The molecule has 1 unspecified atom stereocenters. The molecule has 1 atom stereocenters. The first-order valence-corrected chi connectivity index (χ1v) is 8.09. The molecule has 2 rings (SSSR count). The van der Waals surface area contributed by atoms with Crippen molar-refractivity contribution < 1.29 is 0 Å². The molecule has 0 amide bonds. The minimum atomic E-state index is 0.456. The first kappa shape index (κ1) is 15.5. The van der Waals surface area contributed by atoms with Crippen LogP contribution in [0.4, 0.5) is 0 Å². The number of benzene rings is 1. The maximum atomic E-state index is 3.80. The lowest BCUT2D eigenvalue weighted by molar-refractivity contribution is 0.175. The molecule has 2 heteroatoms. The fourth-order valence-electron chi connectivity index (χ4n) is 3.10. The van der Waals surface area contributed by atoms with Gasteiger partial charge < -0.3 is 10.2 Å². The van der Waals surface area contributed by atoms with Gasteiger partial charge in [-0.2, -0.15) is 0 Å². The third kappa shape index (κ3) is 4.60. The Kier molecular flexibility index (Phi) is 5.62. The number of hydrogen-bond donors (Lipinski definition) is 1. The predicted molar refractivity (Wildman–Crippen MR) is 87.0 cm³/mol. The van der Waals surface area contributed by atoms with Crippen LogP contribution in [0.15, 0.2) is 24.3 Å². The average molecular weight is 274 g/mol. The summed E-state index contributed by atoms with van der Waals surface area (Å²) in [6.07, 6.45) is 2.56. The molecule has 1 fully saturated rings. The van der Waals surface area contributed by atoms with Crippen molar-refractivity contribution in [1.82, 2.24) is 10.2 Å². The van der Waals surface area contributed by atoms with Gasteiger partial charge in [-0.1, -0.05) is 43.7 Å². The maximum Gasteiger partial charge on any atom is 0.0294 e. The topological polar surface area (TPSA) is 15.3 Å². The maximum absolute atomic E-state index is 3.80. The van der Waals surface area contributed by atoms with Crippen molar-refractivity contribution >= 4 is 0 Å². The second-order valence-corrected chi connectivity index (χ2v) is 6.77. The first-order chi connectivity index (χ1) is 9.54. The van der Waals surface area contributed by atoms with Crippen LogP contribution in [0.25, 0.3) is 0 Å². The van der Waals surface area contributed by atoms with Gasteiger partial charge in [0.1, 0.15) is 0 Å². The van der Waals surface area contributed by atoms with Crippen molar-refractivity contribution in [2.45, 2.75) is 52.6 Å². The highest BCUT2D eigenvalue weighted by molar-refractivity contribution is 5.23. The van der Waals surface area contributed by atoms with E-state index < -0.39 is 0 Å². The summed E-state index contributed by atoms with van der Waals surface area (Å²) in [6, 6.07) is 10.0. The van der Waals surface area contributed by atoms with Crippen LogP contribution >= 0.6 is 0 Å². The minimum Gasteiger partial charge on any atom is -0.307 e. The third-order valence-corrected chi connectivity index (χ3v) is 4.27. The van der Waals surface area contributed by atoms with Crippen LogP contribution in [0.2, 0.25) is 0 Å². The zero-order chi connectivity index (χ0) is 14.5. The molecular formula is C18H30N2. The van der Waals surface area contributed by atoms with Crippen molar-refractivity contribution in [2.75, 3.05) is 19.6 Å². The lowest BCUT2D eigenvalue weighted by atomic mass is 10.0. The molecule has 0 saturated carbocycles. The number of nitrogens with zero attached hydrogens (tertiary/aromatic N) is 1. The van der Waals surface area contributed by atoms with Crippen molar-refractivity contribution in [3.05, 3.63) is 35.4 Å². The van der Waals surface area contributed by atoms with E-state index in [2.05, 4.69) is 62.2 Å². The van der Waals surface area contributed by atoms with E-state index in [1.165, 1.54) is 43.6 Å². The number of likely N-dealkylation sites (tertiary alicyclic amines) is 1. The summed E-state index contributed by atoms with van der Waals surface area (Å²) in [5.41, 5.74) is 2.74. The van der Waals surface area contributed by atoms with Crippen molar-refractivity contribution in [3.63, 3.8) is 0 Å². The molecule has 1 heterocycles. The Morgan fingerprint density at radius 2 is 1.70 bits per heavy atom. The molecule has 0 spiro atoms. The van der Waals surface area contributed by atoms with E-state index in [0.717, 1.165) is 5.92 Å². The monoisotopic (exact) mass is 274 g/mol. The van der Waals surface area contributed by atoms with Crippen molar-refractivity contribution in [1.29, 1.82) is 0 Å². The lowest BCUT2D eigenvalue weighted by Crippen LogP contribution is -2.44. The van der Waals surface area contributed by atoms with Gasteiger partial charge in [0.25, 0.3) is 0 Å². The standard InChI is InChI=1S/C18H30N2/c1-14(2)13-20-11-9-18(10-12-20)19-16(4)17-7-5-15(3)6-8-17/h5-8,14,16,18-19H,9-13H2,1-4H3. The highest BCUT2D eigenvalue weighted by Crippen LogP contribution is 2.18. The van der Waals surface area contributed by atoms with Crippen LogP contribution in [0, 0.1) is 12.8 Å². The van der Waals surface area contributed by atoms with Gasteiger partial charge in [0.05, 0.1) is 0 Å². The number of piperidine rings is 1. The molecule has 1 aliphatic rings. The Morgan fingerprint density at radius 3 is 2.25 bits per heavy atom. The molecule has 0 bridgehead atoms. The normalized spacial score (nSPS) is 19.4. The Hall–Kier alpha value is -0.860. The number of nitrogens with one attached hydrogen (secondary N) is 1. The molecule has 0 aliphatic carbocycles. The van der Waals surface area contributed by atoms with Crippen LogP contribution in [0.3, 0.4) is 0 Å². The Morgan fingerprint density at radius 1 is 1.10 bits per heavy atom. The molecule has 1 aromatic carbocycles.